The van der Waals surface area contributed by atoms with Gasteiger partial charge in [0.25, 0.3) is 0 Å². The van der Waals surface area contributed by atoms with E-state index in [2.05, 4.69) is 11.4 Å². The fourth-order valence-corrected chi connectivity index (χ4v) is 3.22. The van der Waals surface area contributed by atoms with Crippen LogP contribution in [0.15, 0.2) is 24.3 Å². The Morgan fingerprint density at radius 1 is 1.19 bits per heavy atom. The summed E-state index contributed by atoms with van der Waals surface area (Å²) < 4.78 is 10.8. The summed E-state index contributed by atoms with van der Waals surface area (Å²) in [7, 11) is 3.33. The van der Waals surface area contributed by atoms with Crippen LogP contribution in [-0.4, -0.2) is 56.4 Å². The second-order valence-electron chi connectivity index (χ2n) is 5.68. The number of rotatable bonds is 3. The molecule has 5 heteroatoms. The Balaban J connectivity index is 1.67. The van der Waals surface area contributed by atoms with Crippen LogP contribution in [0.4, 0.5) is 5.69 Å². The van der Waals surface area contributed by atoms with Crippen molar-refractivity contribution in [1.82, 2.24) is 4.90 Å². The standard InChI is InChI=1S/C16H22N2O3/c1-20-14-9-18(10-15(14)21-2)16(19)13-8-7-11-5-3-4-6-12(11)17-13/h3-6,13-15,17H,7-10H2,1-2H3. The summed E-state index contributed by atoms with van der Waals surface area (Å²) in [5, 5.41) is 3.37. The average molecular weight is 290 g/mol. The molecule has 0 bridgehead atoms. The number of nitrogens with zero attached hydrogens (tertiary/aromatic N) is 1. The van der Waals surface area contributed by atoms with E-state index in [1.807, 2.05) is 23.1 Å². The Morgan fingerprint density at radius 3 is 2.52 bits per heavy atom. The zero-order chi connectivity index (χ0) is 14.8. The highest BCUT2D eigenvalue weighted by atomic mass is 16.5. The fraction of sp³-hybridized carbons (Fsp3) is 0.562. The van der Waals surface area contributed by atoms with Crippen LogP contribution in [0, 0.1) is 0 Å². The van der Waals surface area contributed by atoms with Gasteiger partial charge >= 0.3 is 0 Å². The number of hydrogen-bond donors (Lipinski definition) is 1. The molecule has 2 aliphatic rings. The third-order valence-corrected chi connectivity index (χ3v) is 4.48. The molecule has 1 aromatic carbocycles. The molecule has 0 aliphatic carbocycles. The molecule has 0 radical (unpaired) electrons. The summed E-state index contributed by atoms with van der Waals surface area (Å²) in [6.07, 6.45) is 1.71. The van der Waals surface area contributed by atoms with E-state index in [-0.39, 0.29) is 24.2 Å². The number of hydrogen-bond acceptors (Lipinski definition) is 4. The molecular formula is C16H22N2O3. The van der Waals surface area contributed by atoms with Crippen LogP contribution in [0.3, 0.4) is 0 Å². The number of carbonyl (C=O) groups is 1. The van der Waals surface area contributed by atoms with E-state index in [0.717, 1.165) is 18.5 Å². The maximum absolute atomic E-state index is 12.7. The zero-order valence-electron chi connectivity index (χ0n) is 12.5. The minimum atomic E-state index is -0.145. The number of methoxy groups -OCH3 is 2. The molecule has 0 saturated carbocycles. The van der Waals surface area contributed by atoms with Crippen LogP contribution in [-0.2, 0) is 20.7 Å². The molecular weight excluding hydrogens is 268 g/mol. The lowest BCUT2D eigenvalue weighted by Crippen LogP contribution is -2.44. The van der Waals surface area contributed by atoms with Crippen LogP contribution in [0.2, 0.25) is 0 Å². The summed E-state index contributed by atoms with van der Waals surface area (Å²) in [5.41, 5.74) is 2.36. The van der Waals surface area contributed by atoms with Crippen molar-refractivity contribution in [2.24, 2.45) is 0 Å². The van der Waals surface area contributed by atoms with Gasteiger partial charge in [0.2, 0.25) is 5.91 Å². The van der Waals surface area contributed by atoms with Gasteiger partial charge in [-0.1, -0.05) is 18.2 Å². The molecule has 0 spiro atoms. The van der Waals surface area contributed by atoms with Gasteiger partial charge in [-0.05, 0) is 24.5 Å². The summed E-state index contributed by atoms with van der Waals surface area (Å²) in [4.78, 5) is 14.5. The number of amides is 1. The van der Waals surface area contributed by atoms with E-state index in [1.165, 1.54) is 5.56 Å². The molecule has 1 amide bonds. The summed E-state index contributed by atoms with van der Waals surface area (Å²) in [5.74, 6) is 0.145. The minimum absolute atomic E-state index is 0.0326. The van der Waals surface area contributed by atoms with Crippen molar-refractivity contribution in [2.75, 3.05) is 32.6 Å². The van der Waals surface area contributed by atoms with Crippen molar-refractivity contribution >= 4 is 11.6 Å². The summed E-state index contributed by atoms with van der Waals surface area (Å²) in [6.45, 7) is 1.21. The van der Waals surface area contributed by atoms with E-state index in [9.17, 15) is 4.79 Å². The van der Waals surface area contributed by atoms with Crippen LogP contribution in [0.1, 0.15) is 12.0 Å². The first-order valence-corrected chi connectivity index (χ1v) is 7.41. The zero-order valence-corrected chi connectivity index (χ0v) is 12.5. The van der Waals surface area contributed by atoms with Crippen molar-refractivity contribution in [3.8, 4) is 0 Å². The molecule has 21 heavy (non-hydrogen) atoms. The Kier molecular flexibility index (Phi) is 4.12. The molecule has 1 saturated heterocycles. The van der Waals surface area contributed by atoms with Crippen molar-refractivity contribution in [2.45, 2.75) is 31.1 Å². The number of anilines is 1. The number of carbonyl (C=O) groups excluding carboxylic acids is 1. The Hall–Kier alpha value is -1.59. The molecule has 1 N–H and O–H groups in total. The van der Waals surface area contributed by atoms with Gasteiger partial charge in [0, 0.05) is 33.0 Å². The predicted molar refractivity (Wildman–Crippen MR) is 80.3 cm³/mol. The Morgan fingerprint density at radius 2 is 1.86 bits per heavy atom. The van der Waals surface area contributed by atoms with Crippen molar-refractivity contribution in [1.29, 1.82) is 0 Å². The Bertz CT molecular complexity index is 508. The lowest BCUT2D eigenvalue weighted by Gasteiger charge is -2.29. The molecule has 1 aromatic rings. The van der Waals surface area contributed by atoms with Gasteiger partial charge in [-0.2, -0.15) is 0 Å². The van der Waals surface area contributed by atoms with E-state index in [4.69, 9.17) is 9.47 Å². The van der Waals surface area contributed by atoms with Gasteiger partial charge in [0.05, 0.1) is 0 Å². The van der Waals surface area contributed by atoms with Crippen LogP contribution in [0.5, 0.6) is 0 Å². The fourth-order valence-electron chi connectivity index (χ4n) is 3.22. The molecule has 1 fully saturated rings. The molecule has 3 unspecified atom stereocenters. The van der Waals surface area contributed by atoms with Gasteiger partial charge in [-0.3, -0.25) is 4.79 Å². The van der Waals surface area contributed by atoms with Crippen LogP contribution in [0.25, 0.3) is 0 Å². The highest BCUT2D eigenvalue weighted by Gasteiger charge is 2.38. The van der Waals surface area contributed by atoms with Gasteiger partial charge in [0.1, 0.15) is 18.2 Å². The third-order valence-electron chi connectivity index (χ3n) is 4.48. The molecule has 3 rings (SSSR count). The number of nitrogens with one attached hydrogen (secondary N) is 1. The molecule has 3 atom stereocenters. The number of aryl methyl sites for hydroxylation is 1. The third kappa shape index (κ3) is 2.76. The summed E-state index contributed by atoms with van der Waals surface area (Å²) in [6, 6.07) is 8.04. The molecule has 2 heterocycles. The van der Waals surface area contributed by atoms with E-state index in [1.54, 1.807) is 14.2 Å². The Labute approximate surface area is 125 Å². The topological polar surface area (TPSA) is 50.8 Å². The van der Waals surface area contributed by atoms with Crippen LogP contribution < -0.4 is 5.32 Å². The first-order chi connectivity index (χ1) is 10.2. The lowest BCUT2D eigenvalue weighted by molar-refractivity contribution is -0.131. The lowest BCUT2D eigenvalue weighted by atomic mass is 9.97. The molecule has 2 aliphatic heterocycles. The van der Waals surface area contributed by atoms with Crippen LogP contribution >= 0.6 is 0 Å². The molecule has 5 nitrogen and oxygen atoms in total. The number of ether oxygens (including phenoxy) is 2. The quantitative estimate of drug-likeness (QED) is 0.911. The first kappa shape index (κ1) is 14.4. The second-order valence-corrected chi connectivity index (χ2v) is 5.68. The molecule has 0 aromatic heterocycles. The van der Waals surface area contributed by atoms with E-state index >= 15 is 0 Å². The second kappa shape index (κ2) is 6.03. The van der Waals surface area contributed by atoms with E-state index in [0.29, 0.717) is 13.1 Å². The van der Waals surface area contributed by atoms with Gasteiger partial charge < -0.3 is 19.7 Å². The minimum Gasteiger partial charge on any atom is -0.377 e. The summed E-state index contributed by atoms with van der Waals surface area (Å²) >= 11 is 0. The maximum Gasteiger partial charge on any atom is 0.245 e. The monoisotopic (exact) mass is 290 g/mol. The SMILES string of the molecule is COC1CN(C(=O)C2CCc3ccccc3N2)CC1OC. The van der Waals surface area contributed by atoms with Crippen molar-refractivity contribution in [3.63, 3.8) is 0 Å². The number of fused-ring (bicyclic) bond motifs is 1. The van der Waals surface area contributed by atoms with Gasteiger partial charge in [-0.25, -0.2) is 0 Å². The van der Waals surface area contributed by atoms with Gasteiger partial charge in [0.15, 0.2) is 0 Å². The average Bonchev–Trinajstić information content (AvgIpc) is 2.97. The highest BCUT2D eigenvalue weighted by molar-refractivity contribution is 5.86. The normalized spacial score (nSPS) is 28.1. The van der Waals surface area contributed by atoms with Crippen molar-refractivity contribution in [3.05, 3.63) is 29.8 Å². The smallest absolute Gasteiger partial charge is 0.245 e. The number of likely N-dealkylation sites (tertiary alicyclic amines) is 1. The predicted octanol–water partition coefficient (Wildman–Crippen LogP) is 1.29. The first-order valence-electron chi connectivity index (χ1n) is 7.41. The number of benzene rings is 1. The highest BCUT2D eigenvalue weighted by Crippen LogP contribution is 2.26. The van der Waals surface area contributed by atoms with Gasteiger partial charge in [-0.15, -0.1) is 0 Å². The maximum atomic E-state index is 12.7. The van der Waals surface area contributed by atoms with Crippen molar-refractivity contribution < 1.29 is 14.3 Å². The van der Waals surface area contributed by atoms with E-state index < -0.39 is 0 Å². The number of para-hydroxylation sites is 1. The largest absolute Gasteiger partial charge is 0.377 e. The molecule has 114 valence electrons.